The van der Waals surface area contributed by atoms with Crippen LogP contribution in [0.1, 0.15) is 0 Å². The van der Waals surface area contributed by atoms with Gasteiger partial charge in [0.1, 0.15) is 17.8 Å². The van der Waals surface area contributed by atoms with E-state index >= 15 is 0 Å². The number of hydrogen-bond acceptors (Lipinski definition) is 5. The maximum Gasteiger partial charge on any atom is 0.182 e. The molecule has 136 valence electrons. The van der Waals surface area contributed by atoms with E-state index in [1.165, 1.54) is 23.6 Å². The third-order valence-corrected chi connectivity index (χ3v) is 4.45. The molecule has 5 heteroatoms. The molecule has 0 aliphatic heterocycles. The third-order valence-electron chi connectivity index (χ3n) is 4.45. The number of oxazole rings is 2. The number of carbonyl (C=O) groups is 1. The molecule has 6 rings (SSSR count). The summed E-state index contributed by atoms with van der Waals surface area (Å²) >= 11 is 0. The first-order valence-corrected chi connectivity index (χ1v) is 8.61. The van der Waals surface area contributed by atoms with Crippen LogP contribution >= 0.6 is 0 Å². The van der Waals surface area contributed by atoms with Gasteiger partial charge in [0.15, 0.2) is 24.0 Å². The molecule has 0 N–H and O–H groups in total. The zero-order valence-electron chi connectivity index (χ0n) is 14.9. The molecule has 0 atom stereocenters. The first kappa shape index (κ1) is 17.4. The quantitative estimate of drug-likeness (QED) is 0.340. The monoisotopic (exact) mass is 368 g/mol. The number of benzene rings is 4. The summed E-state index contributed by atoms with van der Waals surface area (Å²) in [6, 6.07) is 24.3. The van der Waals surface area contributed by atoms with Crippen LogP contribution in [0.4, 0.5) is 0 Å². The highest BCUT2D eigenvalue weighted by Gasteiger charge is 2.03. The number of nitrogens with zero attached hydrogens (tertiary/aromatic N) is 2. The predicted molar refractivity (Wildman–Crippen MR) is 110 cm³/mol. The van der Waals surface area contributed by atoms with Crippen LogP contribution in [0.25, 0.3) is 43.7 Å². The molecule has 28 heavy (non-hydrogen) atoms. The molecule has 0 unspecified atom stereocenters. The lowest BCUT2D eigenvalue weighted by Gasteiger charge is -1.95. The van der Waals surface area contributed by atoms with Crippen molar-refractivity contribution in [2.45, 2.75) is 0 Å². The predicted octanol–water partition coefficient (Wildman–Crippen LogP) is 5.78. The number of aromatic nitrogens is 2. The number of fused-ring (bicyclic) bond motifs is 6. The fourth-order valence-corrected chi connectivity index (χ4v) is 3.20. The van der Waals surface area contributed by atoms with Gasteiger partial charge < -0.3 is 13.6 Å². The van der Waals surface area contributed by atoms with Crippen molar-refractivity contribution in [3.63, 3.8) is 0 Å². The maximum atomic E-state index is 8.00. The van der Waals surface area contributed by atoms with Gasteiger partial charge >= 0.3 is 0 Å². The van der Waals surface area contributed by atoms with Crippen LogP contribution in [0, 0.1) is 0 Å². The smallest absolute Gasteiger partial charge is 0.182 e. The van der Waals surface area contributed by atoms with Gasteiger partial charge in [-0.3, -0.25) is 0 Å². The molecule has 0 aliphatic rings. The fourth-order valence-electron chi connectivity index (χ4n) is 3.20. The summed E-state index contributed by atoms with van der Waals surface area (Å²) in [5.41, 5.74) is 3.58. The maximum absolute atomic E-state index is 8.00. The molecule has 0 amide bonds. The van der Waals surface area contributed by atoms with E-state index in [-0.39, 0.29) is 0 Å². The lowest BCUT2D eigenvalue weighted by molar-refractivity contribution is -0.0979. The third kappa shape index (κ3) is 3.10. The standard InChI is InChI=1S/2C11H7NO.CH2O/c2*1-2-4-9-8(3-1)5-6-10-11(9)12-7-13-10;1-2/h2*1-7H;1H2. The van der Waals surface area contributed by atoms with Gasteiger partial charge in [-0.2, -0.15) is 0 Å². The van der Waals surface area contributed by atoms with E-state index < -0.39 is 0 Å². The average Bonchev–Trinajstić information content (AvgIpc) is 3.45. The summed E-state index contributed by atoms with van der Waals surface area (Å²) in [4.78, 5) is 16.4. The van der Waals surface area contributed by atoms with E-state index in [0.29, 0.717) is 0 Å². The Morgan fingerprint density at radius 2 is 1.00 bits per heavy atom. The van der Waals surface area contributed by atoms with Crippen molar-refractivity contribution in [2.75, 3.05) is 0 Å². The minimum Gasteiger partial charge on any atom is -0.443 e. The zero-order chi connectivity index (χ0) is 19.3. The highest BCUT2D eigenvalue weighted by Crippen LogP contribution is 2.24. The number of hydrogen-bond donors (Lipinski definition) is 0. The van der Waals surface area contributed by atoms with Gasteiger partial charge in [-0.05, 0) is 22.9 Å². The molecule has 0 radical (unpaired) electrons. The Kier molecular flexibility index (Phi) is 4.80. The SMILES string of the molecule is C=O.c1ccc2c(c1)ccc1ocnc12.c1ccc2c(c1)ccc1ocnc12. The van der Waals surface area contributed by atoms with Gasteiger partial charge in [-0.25, -0.2) is 9.97 Å². The Balaban J connectivity index is 0.000000126. The summed E-state index contributed by atoms with van der Waals surface area (Å²) in [6.45, 7) is 2.00. The Morgan fingerprint density at radius 1 is 0.571 bits per heavy atom. The summed E-state index contributed by atoms with van der Waals surface area (Å²) < 4.78 is 10.4. The van der Waals surface area contributed by atoms with Crippen molar-refractivity contribution in [3.8, 4) is 0 Å². The first-order chi connectivity index (χ1) is 13.9. The molecule has 0 aliphatic carbocycles. The molecule has 2 heterocycles. The van der Waals surface area contributed by atoms with Gasteiger partial charge in [0.05, 0.1) is 0 Å². The van der Waals surface area contributed by atoms with Crippen molar-refractivity contribution >= 4 is 50.5 Å². The van der Waals surface area contributed by atoms with Gasteiger partial charge in [-0.1, -0.05) is 60.7 Å². The Bertz CT molecular complexity index is 1260. The molecule has 0 saturated heterocycles. The Morgan fingerprint density at radius 3 is 1.46 bits per heavy atom. The van der Waals surface area contributed by atoms with Crippen molar-refractivity contribution < 1.29 is 13.6 Å². The Labute approximate surface area is 160 Å². The molecular weight excluding hydrogens is 352 g/mol. The van der Waals surface area contributed by atoms with Crippen molar-refractivity contribution in [3.05, 3.63) is 85.6 Å². The zero-order valence-corrected chi connectivity index (χ0v) is 14.9. The highest BCUT2D eigenvalue weighted by atomic mass is 16.3. The van der Waals surface area contributed by atoms with Crippen LogP contribution in [0.3, 0.4) is 0 Å². The van der Waals surface area contributed by atoms with Crippen molar-refractivity contribution in [2.24, 2.45) is 0 Å². The van der Waals surface area contributed by atoms with Gasteiger partial charge in [-0.15, -0.1) is 0 Å². The lowest BCUT2D eigenvalue weighted by atomic mass is 10.1. The second-order valence-electron chi connectivity index (χ2n) is 5.97. The molecular formula is C23H16N2O3. The molecule has 6 aromatic rings. The van der Waals surface area contributed by atoms with Crippen LogP contribution in [0.5, 0.6) is 0 Å². The second kappa shape index (κ2) is 7.72. The summed E-state index contributed by atoms with van der Waals surface area (Å²) in [5, 5.41) is 4.69. The average molecular weight is 368 g/mol. The molecule has 0 spiro atoms. The lowest BCUT2D eigenvalue weighted by Crippen LogP contribution is -1.73. The van der Waals surface area contributed by atoms with Crippen molar-refractivity contribution in [1.82, 2.24) is 9.97 Å². The summed E-state index contributed by atoms with van der Waals surface area (Å²) in [5.74, 6) is 0. The van der Waals surface area contributed by atoms with Gasteiger partial charge in [0.25, 0.3) is 0 Å². The normalized spacial score (nSPS) is 10.4. The summed E-state index contributed by atoms with van der Waals surface area (Å²) in [7, 11) is 0. The van der Waals surface area contributed by atoms with Crippen molar-refractivity contribution in [1.29, 1.82) is 0 Å². The fraction of sp³-hybridized carbons (Fsp3) is 0. The van der Waals surface area contributed by atoms with E-state index in [0.717, 1.165) is 33.0 Å². The summed E-state index contributed by atoms with van der Waals surface area (Å²) in [6.07, 6.45) is 2.97. The highest BCUT2D eigenvalue weighted by molar-refractivity contribution is 6.03. The molecule has 0 fully saturated rings. The number of rotatable bonds is 0. The van der Waals surface area contributed by atoms with Gasteiger partial charge in [0, 0.05) is 10.8 Å². The minimum absolute atomic E-state index is 0.846. The van der Waals surface area contributed by atoms with Crippen LogP contribution in [0.2, 0.25) is 0 Å². The van der Waals surface area contributed by atoms with Crippen LogP contribution < -0.4 is 0 Å². The van der Waals surface area contributed by atoms with E-state index in [1.54, 1.807) is 0 Å². The Hall–Kier alpha value is -3.99. The number of carbonyl (C=O) groups excluding carboxylic acids is 1. The van der Waals surface area contributed by atoms with Crippen LogP contribution in [0.15, 0.2) is 94.4 Å². The van der Waals surface area contributed by atoms with Crippen LogP contribution in [-0.4, -0.2) is 16.8 Å². The van der Waals surface area contributed by atoms with E-state index in [2.05, 4.69) is 34.2 Å². The van der Waals surface area contributed by atoms with Crippen LogP contribution in [-0.2, 0) is 4.79 Å². The molecule has 2 aromatic heterocycles. The largest absolute Gasteiger partial charge is 0.443 e. The molecule has 0 bridgehead atoms. The topological polar surface area (TPSA) is 69.1 Å². The minimum atomic E-state index is 0.846. The van der Waals surface area contributed by atoms with E-state index in [1.807, 2.05) is 55.3 Å². The van der Waals surface area contributed by atoms with E-state index in [4.69, 9.17) is 13.6 Å². The van der Waals surface area contributed by atoms with Gasteiger partial charge in [0.2, 0.25) is 0 Å². The first-order valence-electron chi connectivity index (χ1n) is 8.61. The second-order valence-corrected chi connectivity index (χ2v) is 5.97. The van der Waals surface area contributed by atoms with E-state index in [9.17, 15) is 0 Å². The molecule has 5 nitrogen and oxygen atoms in total. The molecule has 0 saturated carbocycles. The molecule has 4 aromatic carbocycles.